The molecule has 2 unspecified atom stereocenters. The summed E-state index contributed by atoms with van der Waals surface area (Å²) in [6, 6.07) is 0. The fourth-order valence-corrected chi connectivity index (χ4v) is 1.74. The largest absolute Gasteiger partial charge is 0.373 e. The monoisotopic (exact) mass is 186 g/mol. The lowest BCUT2D eigenvalue weighted by Gasteiger charge is -2.34. The standard InChI is InChI=1S/C9H18N2O2/c1-7-5-11(4-3-9(10)12)6-8(2)13-7/h7-8H,3-6H2,1-2H3,(H2,10,12). The van der Waals surface area contributed by atoms with Crippen LogP contribution in [0, 0.1) is 0 Å². The highest BCUT2D eigenvalue weighted by molar-refractivity contribution is 5.73. The number of nitrogens with two attached hydrogens (primary N) is 1. The van der Waals surface area contributed by atoms with Crippen molar-refractivity contribution < 1.29 is 9.53 Å². The molecule has 1 saturated heterocycles. The first-order valence-electron chi connectivity index (χ1n) is 4.74. The van der Waals surface area contributed by atoms with Crippen molar-refractivity contribution in [2.75, 3.05) is 19.6 Å². The highest BCUT2D eigenvalue weighted by Crippen LogP contribution is 2.10. The van der Waals surface area contributed by atoms with E-state index < -0.39 is 0 Å². The molecule has 0 aromatic rings. The summed E-state index contributed by atoms with van der Waals surface area (Å²) in [5.74, 6) is -0.230. The molecule has 2 atom stereocenters. The molecule has 4 heteroatoms. The van der Waals surface area contributed by atoms with Crippen LogP contribution in [0.2, 0.25) is 0 Å². The van der Waals surface area contributed by atoms with Crippen molar-refractivity contribution in [1.29, 1.82) is 0 Å². The van der Waals surface area contributed by atoms with E-state index in [0.29, 0.717) is 6.42 Å². The van der Waals surface area contributed by atoms with Gasteiger partial charge < -0.3 is 10.5 Å². The minimum atomic E-state index is -0.230. The maximum atomic E-state index is 10.6. The van der Waals surface area contributed by atoms with Crippen molar-refractivity contribution in [3.8, 4) is 0 Å². The second-order valence-corrected chi connectivity index (χ2v) is 3.73. The molecule has 1 rings (SSSR count). The zero-order valence-corrected chi connectivity index (χ0v) is 8.32. The first-order chi connectivity index (χ1) is 6.08. The van der Waals surface area contributed by atoms with Crippen molar-refractivity contribution in [2.24, 2.45) is 5.73 Å². The molecule has 76 valence electrons. The van der Waals surface area contributed by atoms with Gasteiger partial charge in [0.25, 0.3) is 0 Å². The van der Waals surface area contributed by atoms with E-state index in [9.17, 15) is 4.79 Å². The first kappa shape index (κ1) is 10.5. The van der Waals surface area contributed by atoms with Gasteiger partial charge in [0.05, 0.1) is 12.2 Å². The number of ether oxygens (including phenoxy) is 1. The first-order valence-corrected chi connectivity index (χ1v) is 4.74. The maximum absolute atomic E-state index is 10.6. The third-order valence-corrected chi connectivity index (χ3v) is 2.17. The number of carbonyl (C=O) groups excluding carboxylic acids is 1. The molecular weight excluding hydrogens is 168 g/mol. The van der Waals surface area contributed by atoms with Gasteiger partial charge in [-0.25, -0.2) is 0 Å². The third-order valence-electron chi connectivity index (χ3n) is 2.17. The van der Waals surface area contributed by atoms with Crippen molar-refractivity contribution in [2.45, 2.75) is 32.5 Å². The quantitative estimate of drug-likeness (QED) is 0.673. The highest BCUT2D eigenvalue weighted by Gasteiger charge is 2.21. The summed E-state index contributed by atoms with van der Waals surface area (Å²) < 4.78 is 5.57. The number of carbonyl (C=O) groups is 1. The molecule has 0 aromatic heterocycles. The zero-order chi connectivity index (χ0) is 9.84. The molecule has 0 spiro atoms. The Bertz CT molecular complexity index is 174. The van der Waals surface area contributed by atoms with Crippen molar-refractivity contribution >= 4 is 5.91 Å². The Kier molecular flexibility index (Phi) is 3.69. The van der Waals surface area contributed by atoms with Crippen molar-refractivity contribution in [3.05, 3.63) is 0 Å². The van der Waals surface area contributed by atoms with E-state index in [-0.39, 0.29) is 18.1 Å². The lowest BCUT2D eigenvalue weighted by molar-refractivity contribution is -0.119. The summed E-state index contributed by atoms with van der Waals surface area (Å²) in [7, 11) is 0. The zero-order valence-electron chi connectivity index (χ0n) is 8.32. The number of amides is 1. The summed E-state index contributed by atoms with van der Waals surface area (Å²) in [5.41, 5.74) is 5.08. The van der Waals surface area contributed by atoms with Crippen molar-refractivity contribution in [3.63, 3.8) is 0 Å². The molecule has 1 heterocycles. The molecule has 0 bridgehead atoms. The molecule has 0 aliphatic carbocycles. The van der Waals surface area contributed by atoms with Crippen LogP contribution in [-0.2, 0) is 9.53 Å². The average molecular weight is 186 g/mol. The molecule has 1 amide bonds. The van der Waals surface area contributed by atoms with Gasteiger partial charge in [0.1, 0.15) is 0 Å². The van der Waals surface area contributed by atoms with Crippen LogP contribution < -0.4 is 5.73 Å². The number of primary amides is 1. The Morgan fingerprint density at radius 3 is 2.46 bits per heavy atom. The van der Waals surface area contributed by atoms with Gasteiger partial charge in [-0.1, -0.05) is 0 Å². The van der Waals surface area contributed by atoms with Gasteiger partial charge in [-0.15, -0.1) is 0 Å². The Morgan fingerprint density at radius 1 is 1.46 bits per heavy atom. The Morgan fingerprint density at radius 2 is 2.00 bits per heavy atom. The van der Waals surface area contributed by atoms with Gasteiger partial charge in [-0.2, -0.15) is 0 Å². The van der Waals surface area contributed by atoms with Crippen LogP contribution in [-0.4, -0.2) is 42.6 Å². The van der Waals surface area contributed by atoms with E-state index in [1.807, 2.05) is 13.8 Å². The maximum Gasteiger partial charge on any atom is 0.218 e. The molecule has 1 aliphatic heterocycles. The Labute approximate surface area is 79.0 Å². The van der Waals surface area contributed by atoms with E-state index >= 15 is 0 Å². The summed E-state index contributed by atoms with van der Waals surface area (Å²) in [5, 5.41) is 0. The minimum absolute atomic E-state index is 0.230. The van der Waals surface area contributed by atoms with E-state index in [1.54, 1.807) is 0 Å². The summed E-state index contributed by atoms with van der Waals surface area (Å²) in [4.78, 5) is 12.8. The van der Waals surface area contributed by atoms with Gasteiger partial charge in [0.15, 0.2) is 0 Å². The average Bonchev–Trinajstić information content (AvgIpc) is 1.99. The summed E-state index contributed by atoms with van der Waals surface area (Å²) in [6.07, 6.45) is 0.965. The number of hydrogen-bond donors (Lipinski definition) is 1. The molecule has 0 saturated carbocycles. The summed E-state index contributed by atoms with van der Waals surface area (Å²) >= 11 is 0. The van der Waals surface area contributed by atoms with Gasteiger partial charge in [-0.3, -0.25) is 9.69 Å². The Hall–Kier alpha value is -0.610. The predicted molar refractivity (Wildman–Crippen MR) is 50.3 cm³/mol. The molecule has 1 fully saturated rings. The van der Waals surface area contributed by atoms with E-state index in [4.69, 9.17) is 10.5 Å². The second kappa shape index (κ2) is 4.58. The SMILES string of the molecule is CC1CN(CCC(N)=O)CC(C)O1. The predicted octanol–water partition coefficient (Wildman–Crippen LogP) is -0.0290. The molecule has 0 radical (unpaired) electrons. The van der Waals surface area contributed by atoms with Crippen LogP contribution in [0.15, 0.2) is 0 Å². The van der Waals surface area contributed by atoms with Crippen LogP contribution in [0.25, 0.3) is 0 Å². The smallest absolute Gasteiger partial charge is 0.218 e. The lowest BCUT2D eigenvalue weighted by Crippen LogP contribution is -2.46. The van der Waals surface area contributed by atoms with Crippen LogP contribution in [0.3, 0.4) is 0 Å². The minimum Gasteiger partial charge on any atom is -0.373 e. The van der Waals surface area contributed by atoms with Gasteiger partial charge in [0.2, 0.25) is 5.91 Å². The van der Waals surface area contributed by atoms with Crippen molar-refractivity contribution in [1.82, 2.24) is 4.90 Å². The molecule has 4 nitrogen and oxygen atoms in total. The lowest BCUT2D eigenvalue weighted by atomic mass is 10.2. The Balaban J connectivity index is 2.28. The van der Waals surface area contributed by atoms with Gasteiger partial charge in [-0.05, 0) is 13.8 Å². The number of morpholine rings is 1. The number of rotatable bonds is 3. The van der Waals surface area contributed by atoms with E-state index in [0.717, 1.165) is 19.6 Å². The fraction of sp³-hybridized carbons (Fsp3) is 0.889. The molecule has 0 aromatic carbocycles. The molecule has 2 N–H and O–H groups in total. The topological polar surface area (TPSA) is 55.6 Å². The van der Waals surface area contributed by atoms with Crippen LogP contribution in [0.4, 0.5) is 0 Å². The molecular formula is C9H18N2O2. The van der Waals surface area contributed by atoms with Crippen LogP contribution in [0.1, 0.15) is 20.3 Å². The van der Waals surface area contributed by atoms with E-state index in [2.05, 4.69) is 4.90 Å². The normalized spacial score (nSPS) is 30.3. The highest BCUT2D eigenvalue weighted by atomic mass is 16.5. The second-order valence-electron chi connectivity index (χ2n) is 3.73. The van der Waals surface area contributed by atoms with Crippen LogP contribution in [0.5, 0.6) is 0 Å². The molecule has 1 aliphatic rings. The van der Waals surface area contributed by atoms with Gasteiger partial charge in [0, 0.05) is 26.1 Å². The molecule has 13 heavy (non-hydrogen) atoms. The van der Waals surface area contributed by atoms with Gasteiger partial charge >= 0.3 is 0 Å². The number of hydrogen-bond acceptors (Lipinski definition) is 3. The number of nitrogens with zero attached hydrogens (tertiary/aromatic N) is 1. The third kappa shape index (κ3) is 3.74. The van der Waals surface area contributed by atoms with Crippen LogP contribution >= 0.6 is 0 Å². The summed E-state index contributed by atoms with van der Waals surface area (Å²) in [6.45, 7) is 6.66. The van der Waals surface area contributed by atoms with E-state index in [1.165, 1.54) is 0 Å². The fourth-order valence-electron chi connectivity index (χ4n) is 1.74.